The second-order valence-electron chi connectivity index (χ2n) is 6.26. The maximum Gasteiger partial charge on any atom is 0.257 e. The van der Waals surface area contributed by atoms with E-state index in [1.54, 1.807) is 6.07 Å². The summed E-state index contributed by atoms with van der Waals surface area (Å²) in [5.74, 6) is 0.0969. The third-order valence-electron chi connectivity index (χ3n) is 4.83. The summed E-state index contributed by atoms with van der Waals surface area (Å²) in [5, 5.41) is 10.1. The Morgan fingerprint density at radius 1 is 1.19 bits per heavy atom. The van der Waals surface area contributed by atoms with Gasteiger partial charge in [0.25, 0.3) is 5.91 Å². The van der Waals surface area contributed by atoms with Gasteiger partial charge in [-0.3, -0.25) is 9.69 Å². The summed E-state index contributed by atoms with van der Waals surface area (Å²) in [6.45, 7) is 5.76. The molecule has 1 aromatic rings. The van der Waals surface area contributed by atoms with Gasteiger partial charge in [-0.2, -0.15) is 0 Å². The quantitative estimate of drug-likeness (QED) is 0.909. The van der Waals surface area contributed by atoms with Crippen LogP contribution in [-0.4, -0.2) is 53.0 Å². The van der Waals surface area contributed by atoms with Crippen LogP contribution in [0.4, 0.5) is 0 Å². The number of piperidine rings is 1. The van der Waals surface area contributed by atoms with Crippen LogP contribution >= 0.6 is 0 Å². The molecule has 3 rings (SSSR count). The molecule has 4 nitrogen and oxygen atoms in total. The summed E-state index contributed by atoms with van der Waals surface area (Å²) in [7, 11) is 0. The van der Waals surface area contributed by atoms with Crippen molar-refractivity contribution in [3.8, 4) is 5.75 Å². The van der Waals surface area contributed by atoms with Crippen molar-refractivity contribution in [2.75, 3.05) is 26.2 Å². The van der Waals surface area contributed by atoms with Gasteiger partial charge in [-0.15, -0.1) is 0 Å². The first-order chi connectivity index (χ1) is 10.2. The van der Waals surface area contributed by atoms with Crippen molar-refractivity contribution >= 4 is 5.91 Å². The molecule has 0 aromatic heterocycles. The van der Waals surface area contributed by atoms with E-state index in [1.807, 2.05) is 24.0 Å². The zero-order valence-electron chi connectivity index (χ0n) is 12.7. The van der Waals surface area contributed by atoms with Crippen LogP contribution in [0, 0.1) is 6.92 Å². The largest absolute Gasteiger partial charge is 0.507 e. The molecular weight excluding hydrogens is 264 g/mol. The van der Waals surface area contributed by atoms with E-state index in [0.29, 0.717) is 11.6 Å². The highest BCUT2D eigenvalue weighted by Crippen LogP contribution is 2.26. The van der Waals surface area contributed by atoms with Crippen molar-refractivity contribution in [2.45, 2.75) is 38.6 Å². The maximum absolute atomic E-state index is 12.6. The lowest BCUT2D eigenvalue weighted by atomic mass is 10.1. The molecule has 0 aliphatic carbocycles. The molecule has 0 radical (unpaired) electrons. The number of aryl methyl sites for hydroxylation is 1. The Hall–Kier alpha value is -1.55. The van der Waals surface area contributed by atoms with Crippen LogP contribution in [0.25, 0.3) is 0 Å². The van der Waals surface area contributed by atoms with Crippen molar-refractivity contribution in [2.24, 2.45) is 0 Å². The Bertz CT molecular complexity index is 524. The third-order valence-corrected chi connectivity index (χ3v) is 4.83. The number of amides is 1. The topological polar surface area (TPSA) is 43.8 Å². The first-order valence-electron chi connectivity index (χ1n) is 7.98. The molecule has 1 aromatic carbocycles. The summed E-state index contributed by atoms with van der Waals surface area (Å²) >= 11 is 0. The predicted molar refractivity (Wildman–Crippen MR) is 82.6 cm³/mol. The average molecular weight is 288 g/mol. The predicted octanol–water partition coefficient (Wildman–Crippen LogP) is 2.40. The lowest BCUT2D eigenvalue weighted by Gasteiger charge is -2.32. The van der Waals surface area contributed by atoms with Crippen LogP contribution in [0.3, 0.4) is 0 Å². The summed E-state index contributed by atoms with van der Waals surface area (Å²) in [6.07, 6.45) is 4.95. The molecule has 2 aliphatic heterocycles. The van der Waals surface area contributed by atoms with Crippen LogP contribution in [0.1, 0.15) is 41.6 Å². The number of rotatable bonds is 2. The SMILES string of the molecule is Cc1cccc(C(=O)N2CCC(N3CCCCC3)C2)c1O. The minimum Gasteiger partial charge on any atom is -0.507 e. The molecule has 1 N–H and O–H groups in total. The van der Waals surface area contributed by atoms with Gasteiger partial charge in [0.2, 0.25) is 0 Å². The van der Waals surface area contributed by atoms with Gasteiger partial charge in [-0.05, 0) is 50.9 Å². The van der Waals surface area contributed by atoms with Crippen molar-refractivity contribution in [3.05, 3.63) is 29.3 Å². The van der Waals surface area contributed by atoms with E-state index in [2.05, 4.69) is 4.90 Å². The van der Waals surface area contributed by atoms with Crippen molar-refractivity contribution < 1.29 is 9.90 Å². The minimum atomic E-state index is -0.0318. The van der Waals surface area contributed by atoms with E-state index in [0.717, 1.165) is 25.1 Å². The molecule has 1 atom stereocenters. The Morgan fingerprint density at radius 3 is 2.71 bits per heavy atom. The Kier molecular flexibility index (Phi) is 4.15. The van der Waals surface area contributed by atoms with Gasteiger partial charge in [0, 0.05) is 19.1 Å². The fraction of sp³-hybridized carbons (Fsp3) is 0.588. The third kappa shape index (κ3) is 2.91. The molecule has 4 heteroatoms. The number of likely N-dealkylation sites (tertiary alicyclic amines) is 2. The number of aromatic hydroxyl groups is 1. The first kappa shape index (κ1) is 14.4. The maximum atomic E-state index is 12.6. The van der Waals surface area contributed by atoms with E-state index < -0.39 is 0 Å². The van der Waals surface area contributed by atoms with Gasteiger partial charge >= 0.3 is 0 Å². The second kappa shape index (κ2) is 6.06. The van der Waals surface area contributed by atoms with Crippen molar-refractivity contribution in [1.29, 1.82) is 0 Å². The van der Waals surface area contributed by atoms with Crippen LogP contribution in [-0.2, 0) is 0 Å². The van der Waals surface area contributed by atoms with Gasteiger partial charge in [-0.25, -0.2) is 0 Å². The number of hydrogen-bond acceptors (Lipinski definition) is 3. The molecule has 114 valence electrons. The number of phenolic OH excluding ortho intramolecular Hbond substituents is 1. The first-order valence-corrected chi connectivity index (χ1v) is 7.98. The molecule has 2 heterocycles. The smallest absolute Gasteiger partial charge is 0.257 e. The fourth-order valence-corrected chi connectivity index (χ4v) is 3.51. The number of nitrogens with zero attached hydrogens (tertiary/aromatic N) is 2. The number of phenols is 1. The van der Waals surface area contributed by atoms with Gasteiger partial charge in [0.1, 0.15) is 5.75 Å². The Morgan fingerprint density at radius 2 is 1.95 bits per heavy atom. The molecule has 21 heavy (non-hydrogen) atoms. The highest BCUT2D eigenvalue weighted by Gasteiger charge is 2.32. The fourth-order valence-electron chi connectivity index (χ4n) is 3.51. The number of carbonyl (C=O) groups is 1. The lowest BCUT2D eigenvalue weighted by molar-refractivity contribution is 0.0768. The molecule has 2 aliphatic rings. The molecule has 0 bridgehead atoms. The van der Waals surface area contributed by atoms with E-state index in [1.165, 1.54) is 32.4 Å². The number of carbonyl (C=O) groups excluding carboxylic acids is 1. The summed E-state index contributed by atoms with van der Waals surface area (Å²) in [5.41, 5.74) is 1.20. The van der Waals surface area contributed by atoms with Crippen LogP contribution in [0.2, 0.25) is 0 Å². The van der Waals surface area contributed by atoms with Gasteiger partial charge in [0.15, 0.2) is 0 Å². The lowest BCUT2D eigenvalue weighted by Crippen LogP contribution is -2.41. The number of hydrogen-bond donors (Lipinski definition) is 1. The minimum absolute atomic E-state index is 0.0318. The van der Waals surface area contributed by atoms with Gasteiger partial charge < -0.3 is 10.0 Å². The summed E-state index contributed by atoms with van der Waals surface area (Å²) in [4.78, 5) is 17.0. The van der Waals surface area contributed by atoms with Gasteiger partial charge in [-0.1, -0.05) is 18.6 Å². The number of para-hydroxylation sites is 1. The monoisotopic (exact) mass is 288 g/mol. The van der Waals surface area contributed by atoms with Crippen molar-refractivity contribution in [1.82, 2.24) is 9.80 Å². The Balaban J connectivity index is 1.68. The second-order valence-corrected chi connectivity index (χ2v) is 6.26. The van der Waals surface area contributed by atoms with Gasteiger partial charge in [0.05, 0.1) is 5.56 Å². The zero-order chi connectivity index (χ0) is 14.8. The molecule has 0 spiro atoms. The molecular formula is C17H24N2O2. The van der Waals surface area contributed by atoms with E-state index in [4.69, 9.17) is 0 Å². The normalized spacial score (nSPS) is 23.5. The molecule has 2 fully saturated rings. The van der Waals surface area contributed by atoms with E-state index in [-0.39, 0.29) is 11.7 Å². The highest BCUT2D eigenvalue weighted by molar-refractivity contribution is 5.97. The molecule has 1 amide bonds. The number of benzene rings is 1. The van der Waals surface area contributed by atoms with Crippen LogP contribution in [0.5, 0.6) is 5.75 Å². The Labute approximate surface area is 126 Å². The van der Waals surface area contributed by atoms with E-state index >= 15 is 0 Å². The summed E-state index contributed by atoms with van der Waals surface area (Å²) < 4.78 is 0. The standard InChI is InChI=1S/C17H24N2O2/c1-13-6-5-7-15(16(13)20)17(21)19-11-8-14(12-19)18-9-3-2-4-10-18/h5-7,14,20H,2-4,8-12H2,1H3. The van der Waals surface area contributed by atoms with E-state index in [9.17, 15) is 9.90 Å². The molecule has 1 unspecified atom stereocenters. The van der Waals surface area contributed by atoms with Crippen molar-refractivity contribution in [3.63, 3.8) is 0 Å². The molecule has 2 saturated heterocycles. The highest BCUT2D eigenvalue weighted by atomic mass is 16.3. The average Bonchev–Trinajstić information content (AvgIpc) is 3.00. The van der Waals surface area contributed by atoms with Crippen LogP contribution < -0.4 is 0 Å². The summed E-state index contributed by atoms with van der Waals surface area (Å²) in [6, 6.07) is 5.88. The molecule has 0 saturated carbocycles. The van der Waals surface area contributed by atoms with Crippen LogP contribution in [0.15, 0.2) is 18.2 Å². The zero-order valence-corrected chi connectivity index (χ0v) is 12.7.